The van der Waals surface area contributed by atoms with Crippen LogP contribution in [-0.2, 0) is 13.1 Å². The van der Waals surface area contributed by atoms with Gasteiger partial charge in [0.05, 0.1) is 0 Å². The first kappa shape index (κ1) is 10.3. The molecule has 0 spiro atoms. The molecule has 1 heterocycles. The topological polar surface area (TPSA) is 17.0 Å². The Hall–Kier alpha value is -0.760. The highest BCUT2D eigenvalue weighted by Crippen LogP contribution is 2.06. The van der Waals surface area contributed by atoms with Crippen molar-refractivity contribution in [3.05, 3.63) is 24.0 Å². The maximum atomic E-state index is 3.34. The number of rotatable bonds is 5. The van der Waals surface area contributed by atoms with Crippen molar-refractivity contribution in [2.75, 3.05) is 6.54 Å². The lowest BCUT2D eigenvalue weighted by molar-refractivity contribution is 0.503. The van der Waals surface area contributed by atoms with Gasteiger partial charge in [-0.15, -0.1) is 0 Å². The summed E-state index contributed by atoms with van der Waals surface area (Å²) in [5, 5.41) is 3.34. The molecule has 74 valence electrons. The summed E-state index contributed by atoms with van der Waals surface area (Å²) in [5.41, 5.74) is 1.38. The van der Waals surface area contributed by atoms with Crippen LogP contribution in [0.4, 0.5) is 0 Å². The van der Waals surface area contributed by atoms with Gasteiger partial charge in [0, 0.05) is 25.0 Å². The van der Waals surface area contributed by atoms with Crippen molar-refractivity contribution in [2.45, 2.75) is 33.9 Å². The molecule has 0 aliphatic carbocycles. The SMILES string of the molecule is CCNCc1cccn1CC(C)C. The zero-order chi connectivity index (χ0) is 9.68. The Labute approximate surface area is 81.0 Å². The van der Waals surface area contributed by atoms with Crippen LogP contribution >= 0.6 is 0 Å². The van der Waals surface area contributed by atoms with Crippen LogP contribution in [0.2, 0.25) is 0 Å². The Kier molecular flexibility index (Phi) is 4.03. The second-order valence-electron chi connectivity index (χ2n) is 3.83. The monoisotopic (exact) mass is 180 g/mol. The highest BCUT2D eigenvalue weighted by atomic mass is 15.0. The first-order chi connectivity index (χ1) is 6.24. The molecular formula is C11H20N2. The molecule has 0 fully saturated rings. The minimum atomic E-state index is 0.716. The molecule has 2 nitrogen and oxygen atoms in total. The van der Waals surface area contributed by atoms with Crippen LogP contribution < -0.4 is 5.32 Å². The first-order valence-electron chi connectivity index (χ1n) is 5.08. The molecule has 0 bridgehead atoms. The standard InChI is InChI=1S/C11H20N2/c1-4-12-8-11-6-5-7-13(11)9-10(2)3/h5-7,10,12H,4,8-9H2,1-3H3. The quantitative estimate of drug-likeness (QED) is 0.735. The van der Waals surface area contributed by atoms with Crippen LogP contribution in [0.5, 0.6) is 0 Å². The molecule has 2 heteroatoms. The van der Waals surface area contributed by atoms with Crippen LogP contribution in [0, 0.1) is 5.92 Å². The van der Waals surface area contributed by atoms with Crippen LogP contribution in [-0.4, -0.2) is 11.1 Å². The summed E-state index contributed by atoms with van der Waals surface area (Å²) in [6, 6.07) is 4.31. The summed E-state index contributed by atoms with van der Waals surface area (Å²) in [7, 11) is 0. The van der Waals surface area contributed by atoms with Crippen molar-refractivity contribution < 1.29 is 0 Å². The normalized spacial score (nSPS) is 11.1. The van der Waals surface area contributed by atoms with E-state index in [4.69, 9.17) is 0 Å². The van der Waals surface area contributed by atoms with Crippen molar-refractivity contribution in [2.24, 2.45) is 5.92 Å². The van der Waals surface area contributed by atoms with Crippen molar-refractivity contribution in [1.29, 1.82) is 0 Å². The molecule has 0 atom stereocenters. The van der Waals surface area contributed by atoms with E-state index in [1.807, 2.05) is 0 Å². The Morgan fingerprint density at radius 2 is 2.23 bits per heavy atom. The Bertz CT molecular complexity index is 238. The predicted molar refractivity (Wildman–Crippen MR) is 56.7 cm³/mol. The molecule has 0 unspecified atom stereocenters. The van der Waals surface area contributed by atoms with E-state index in [1.165, 1.54) is 5.69 Å². The Morgan fingerprint density at radius 3 is 2.85 bits per heavy atom. The van der Waals surface area contributed by atoms with Crippen LogP contribution in [0.15, 0.2) is 18.3 Å². The molecule has 0 aromatic carbocycles. The van der Waals surface area contributed by atoms with Gasteiger partial charge in [-0.05, 0) is 24.6 Å². The largest absolute Gasteiger partial charge is 0.350 e. The molecule has 1 aromatic rings. The zero-order valence-corrected chi connectivity index (χ0v) is 8.88. The molecular weight excluding hydrogens is 160 g/mol. The summed E-state index contributed by atoms with van der Waals surface area (Å²) in [5.74, 6) is 0.716. The second kappa shape index (κ2) is 5.07. The predicted octanol–water partition coefficient (Wildman–Crippen LogP) is 2.25. The van der Waals surface area contributed by atoms with Gasteiger partial charge < -0.3 is 9.88 Å². The minimum absolute atomic E-state index is 0.716. The van der Waals surface area contributed by atoms with E-state index in [1.54, 1.807) is 0 Å². The molecule has 1 N–H and O–H groups in total. The Morgan fingerprint density at radius 1 is 1.46 bits per heavy atom. The van der Waals surface area contributed by atoms with E-state index in [0.29, 0.717) is 5.92 Å². The van der Waals surface area contributed by atoms with Crippen molar-refractivity contribution in [1.82, 2.24) is 9.88 Å². The summed E-state index contributed by atoms with van der Waals surface area (Å²) >= 11 is 0. The second-order valence-corrected chi connectivity index (χ2v) is 3.83. The van der Waals surface area contributed by atoms with Gasteiger partial charge in [-0.3, -0.25) is 0 Å². The molecule has 0 radical (unpaired) electrons. The van der Waals surface area contributed by atoms with Crippen LogP contribution in [0.1, 0.15) is 26.5 Å². The smallest absolute Gasteiger partial charge is 0.0359 e. The van der Waals surface area contributed by atoms with Crippen LogP contribution in [0.3, 0.4) is 0 Å². The molecule has 1 aromatic heterocycles. The molecule has 1 rings (SSSR count). The van der Waals surface area contributed by atoms with Gasteiger partial charge in [-0.25, -0.2) is 0 Å². The lowest BCUT2D eigenvalue weighted by Crippen LogP contribution is -2.16. The summed E-state index contributed by atoms with van der Waals surface area (Å²) < 4.78 is 2.33. The fourth-order valence-electron chi connectivity index (χ4n) is 1.43. The van der Waals surface area contributed by atoms with E-state index in [-0.39, 0.29) is 0 Å². The summed E-state index contributed by atoms with van der Waals surface area (Å²) in [4.78, 5) is 0. The molecule has 0 aliphatic rings. The van der Waals surface area contributed by atoms with E-state index in [2.05, 4.69) is 49.0 Å². The van der Waals surface area contributed by atoms with Gasteiger partial charge in [0.2, 0.25) is 0 Å². The highest BCUT2D eigenvalue weighted by molar-refractivity contribution is 5.06. The van der Waals surface area contributed by atoms with Gasteiger partial charge in [0.15, 0.2) is 0 Å². The first-order valence-corrected chi connectivity index (χ1v) is 5.08. The summed E-state index contributed by atoms with van der Waals surface area (Å²) in [6.45, 7) is 9.76. The van der Waals surface area contributed by atoms with Crippen molar-refractivity contribution in [3.63, 3.8) is 0 Å². The number of hydrogen-bond donors (Lipinski definition) is 1. The number of nitrogens with one attached hydrogen (secondary N) is 1. The maximum Gasteiger partial charge on any atom is 0.0359 e. The van der Waals surface area contributed by atoms with E-state index >= 15 is 0 Å². The highest BCUT2D eigenvalue weighted by Gasteiger charge is 2.01. The number of nitrogens with zero attached hydrogens (tertiary/aromatic N) is 1. The van der Waals surface area contributed by atoms with E-state index < -0.39 is 0 Å². The lowest BCUT2D eigenvalue weighted by atomic mass is 10.2. The third-order valence-electron chi connectivity index (χ3n) is 2.04. The van der Waals surface area contributed by atoms with Crippen LogP contribution in [0.25, 0.3) is 0 Å². The van der Waals surface area contributed by atoms with Crippen molar-refractivity contribution >= 4 is 0 Å². The third kappa shape index (κ3) is 3.23. The summed E-state index contributed by atoms with van der Waals surface area (Å²) in [6.07, 6.45) is 2.16. The molecule has 0 saturated carbocycles. The van der Waals surface area contributed by atoms with Crippen molar-refractivity contribution in [3.8, 4) is 0 Å². The molecule has 0 amide bonds. The average molecular weight is 180 g/mol. The molecule has 13 heavy (non-hydrogen) atoms. The fraction of sp³-hybridized carbons (Fsp3) is 0.636. The molecule has 0 saturated heterocycles. The van der Waals surface area contributed by atoms with Gasteiger partial charge >= 0.3 is 0 Å². The number of hydrogen-bond acceptors (Lipinski definition) is 1. The fourth-order valence-corrected chi connectivity index (χ4v) is 1.43. The van der Waals surface area contributed by atoms with E-state index in [9.17, 15) is 0 Å². The third-order valence-corrected chi connectivity index (χ3v) is 2.04. The minimum Gasteiger partial charge on any atom is -0.350 e. The Balaban J connectivity index is 2.55. The molecule has 0 aliphatic heterocycles. The van der Waals surface area contributed by atoms with Gasteiger partial charge in [-0.1, -0.05) is 20.8 Å². The van der Waals surface area contributed by atoms with Gasteiger partial charge in [0.25, 0.3) is 0 Å². The lowest BCUT2D eigenvalue weighted by Gasteiger charge is -2.11. The van der Waals surface area contributed by atoms with Gasteiger partial charge in [0.1, 0.15) is 0 Å². The zero-order valence-electron chi connectivity index (χ0n) is 8.88. The number of aromatic nitrogens is 1. The van der Waals surface area contributed by atoms with Gasteiger partial charge in [-0.2, -0.15) is 0 Å². The average Bonchev–Trinajstić information content (AvgIpc) is 2.48. The van der Waals surface area contributed by atoms with E-state index in [0.717, 1.165) is 19.6 Å². The maximum absolute atomic E-state index is 3.34.